The van der Waals surface area contributed by atoms with Crippen LogP contribution < -0.4 is 10.1 Å². The fourth-order valence-electron chi connectivity index (χ4n) is 3.99. The summed E-state index contributed by atoms with van der Waals surface area (Å²) in [5.74, 6) is -0.323. The van der Waals surface area contributed by atoms with Crippen molar-refractivity contribution in [2.24, 2.45) is 4.99 Å². The van der Waals surface area contributed by atoms with Crippen LogP contribution >= 0.6 is 23.4 Å². The smallest absolute Gasteiger partial charge is 0.338 e. The van der Waals surface area contributed by atoms with Crippen LogP contribution in [0.5, 0.6) is 5.75 Å². The lowest BCUT2D eigenvalue weighted by Crippen LogP contribution is -2.34. The van der Waals surface area contributed by atoms with Gasteiger partial charge in [-0.05, 0) is 62.4 Å². The zero-order chi connectivity index (χ0) is 25.1. The van der Waals surface area contributed by atoms with Gasteiger partial charge in [-0.2, -0.15) is 0 Å². The van der Waals surface area contributed by atoms with Crippen molar-refractivity contribution in [2.45, 2.75) is 33.7 Å². The predicted molar refractivity (Wildman–Crippen MR) is 140 cm³/mol. The second-order valence-corrected chi connectivity index (χ2v) is 9.45. The van der Waals surface area contributed by atoms with Crippen molar-refractivity contribution in [3.8, 4) is 5.75 Å². The minimum absolute atomic E-state index is 0.189. The minimum atomic E-state index is -0.438. The monoisotopic (exact) mass is 511 g/mol. The van der Waals surface area contributed by atoms with Gasteiger partial charge in [0.1, 0.15) is 5.75 Å². The third-order valence-electron chi connectivity index (χ3n) is 5.60. The van der Waals surface area contributed by atoms with E-state index in [9.17, 15) is 9.59 Å². The molecule has 0 bridgehead atoms. The van der Waals surface area contributed by atoms with Crippen molar-refractivity contribution in [3.63, 3.8) is 0 Å². The van der Waals surface area contributed by atoms with Crippen molar-refractivity contribution >= 4 is 46.1 Å². The number of aryl methyl sites for hydroxylation is 2. The number of aliphatic imine (C=N–C) groups is 1. The van der Waals surface area contributed by atoms with Gasteiger partial charge in [0.05, 0.1) is 28.9 Å². The zero-order valence-corrected chi connectivity index (χ0v) is 21.5. The maximum absolute atomic E-state index is 12.8. The van der Waals surface area contributed by atoms with E-state index in [1.165, 1.54) is 11.8 Å². The van der Waals surface area contributed by atoms with Crippen molar-refractivity contribution in [1.82, 2.24) is 4.90 Å². The molecule has 0 saturated carbocycles. The molecule has 2 heterocycles. The molecule has 0 radical (unpaired) electrons. The van der Waals surface area contributed by atoms with Gasteiger partial charge in [0.2, 0.25) is 0 Å². The molecule has 9 heteroatoms. The van der Waals surface area contributed by atoms with Crippen LogP contribution in [0.1, 0.15) is 36.6 Å². The van der Waals surface area contributed by atoms with E-state index in [0.717, 1.165) is 27.5 Å². The summed E-state index contributed by atoms with van der Waals surface area (Å²) in [4.78, 5) is 31.7. The maximum Gasteiger partial charge on any atom is 0.338 e. The van der Waals surface area contributed by atoms with Crippen LogP contribution in [0.15, 0.2) is 64.3 Å². The summed E-state index contributed by atoms with van der Waals surface area (Å²) < 4.78 is 11.0. The van der Waals surface area contributed by atoms with Gasteiger partial charge in [0.15, 0.2) is 11.8 Å². The number of carbonyl (C=O) groups excluding carboxylic acids is 2. The molecular weight excluding hydrogens is 486 g/mol. The number of anilines is 1. The molecular formula is C26H26ClN3O4S. The van der Waals surface area contributed by atoms with E-state index in [0.29, 0.717) is 22.0 Å². The Hall–Kier alpha value is -3.23. The number of fused-ring (bicyclic) bond motifs is 1. The summed E-state index contributed by atoms with van der Waals surface area (Å²) >= 11 is 8.03. The van der Waals surface area contributed by atoms with Gasteiger partial charge < -0.3 is 19.7 Å². The average molecular weight is 512 g/mol. The van der Waals surface area contributed by atoms with Crippen molar-refractivity contribution in [3.05, 3.63) is 81.0 Å². The number of ether oxygens (including phenoxy) is 2. The lowest BCUT2D eigenvalue weighted by molar-refractivity contribution is -0.139. The molecule has 1 amide bonds. The van der Waals surface area contributed by atoms with E-state index in [1.54, 1.807) is 26.0 Å². The number of halogens is 1. The van der Waals surface area contributed by atoms with E-state index in [-0.39, 0.29) is 19.1 Å². The Labute approximate surface area is 213 Å². The van der Waals surface area contributed by atoms with Crippen LogP contribution in [0.25, 0.3) is 0 Å². The van der Waals surface area contributed by atoms with Crippen LogP contribution in [-0.2, 0) is 14.3 Å². The van der Waals surface area contributed by atoms with Gasteiger partial charge in [-0.15, -0.1) is 0 Å². The fourth-order valence-corrected chi connectivity index (χ4v) is 5.02. The Morgan fingerprint density at radius 1 is 1.17 bits per heavy atom. The number of allylic oxidation sites excluding steroid dienone is 1. The van der Waals surface area contributed by atoms with Gasteiger partial charge in [-0.3, -0.25) is 4.79 Å². The normalized spacial score (nSPS) is 16.7. The number of amides is 1. The minimum Gasteiger partial charge on any atom is -0.482 e. The average Bonchev–Trinajstić information content (AvgIpc) is 3.27. The quantitative estimate of drug-likeness (QED) is 0.477. The first-order valence-corrected chi connectivity index (χ1v) is 12.4. The summed E-state index contributed by atoms with van der Waals surface area (Å²) in [6.45, 7) is 7.59. The Bertz CT molecular complexity index is 1270. The number of esters is 1. The zero-order valence-electron chi connectivity index (χ0n) is 19.9. The Morgan fingerprint density at radius 2 is 1.97 bits per heavy atom. The molecule has 35 heavy (non-hydrogen) atoms. The van der Waals surface area contributed by atoms with Crippen LogP contribution in [0.2, 0.25) is 5.02 Å². The molecule has 1 atom stereocenters. The van der Waals surface area contributed by atoms with Crippen LogP contribution in [0, 0.1) is 13.8 Å². The van der Waals surface area contributed by atoms with Gasteiger partial charge in [-0.1, -0.05) is 47.1 Å². The van der Waals surface area contributed by atoms with E-state index >= 15 is 0 Å². The lowest BCUT2D eigenvalue weighted by Gasteiger charge is -2.33. The van der Waals surface area contributed by atoms with Crippen molar-refractivity contribution in [2.75, 3.05) is 18.5 Å². The van der Waals surface area contributed by atoms with Crippen LogP contribution in [-0.4, -0.2) is 35.2 Å². The summed E-state index contributed by atoms with van der Waals surface area (Å²) in [6, 6.07) is 10.7. The number of hydrogen-bond donors (Lipinski definition) is 1. The molecule has 0 aromatic heterocycles. The van der Waals surface area contributed by atoms with E-state index in [4.69, 9.17) is 21.1 Å². The highest BCUT2D eigenvalue weighted by Gasteiger charge is 2.37. The molecule has 1 N–H and O–H groups in total. The largest absolute Gasteiger partial charge is 0.482 e. The van der Waals surface area contributed by atoms with Crippen LogP contribution in [0.3, 0.4) is 0 Å². The molecule has 2 aliphatic heterocycles. The molecule has 0 fully saturated rings. The third-order valence-corrected chi connectivity index (χ3v) is 6.67. The van der Waals surface area contributed by atoms with Gasteiger partial charge in [0, 0.05) is 11.9 Å². The number of nitrogens with one attached hydrogen (secondary N) is 1. The number of amidine groups is 1. The van der Waals surface area contributed by atoms with Gasteiger partial charge >= 0.3 is 5.97 Å². The Morgan fingerprint density at radius 3 is 2.69 bits per heavy atom. The Kier molecular flexibility index (Phi) is 7.52. The third kappa shape index (κ3) is 5.39. The first-order valence-electron chi connectivity index (χ1n) is 11.2. The highest BCUT2D eigenvalue weighted by molar-refractivity contribution is 8.16. The number of thioether (sulfide) groups is 1. The van der Waals surface area contributed by atoms with Crippen LogP contribution in [0.4, 0.5) is 5.69 Å². The molecule has 182 valence electrons. The fraction of sp³-hybridized carbons (Fsp3) is 0.269. The molecule has 4 rings (SSSR count). The first-order chi connectivity index (χ1) is 16.8. The molecule has 7 nitrogen and oxygen atoms in total. The van der Waals surface area contributed by atoms with E-state index in [2.05, 4.69) is 10.3 Å². The molecule has 2 aromatic carbocycles. The molecule has 0 unspecified atom stereocenters. The van der Waals surface area contributed by atoms with E-state index in [1.807, 2.05) is 54.6 Å². The highest BCUT2D eigenvalue weighted by Crippen LogP contribution is 2.42. The maximum atomic E-state index is 12.8. The second kappa shape index (κ2) is 10.6. The second-order valence-electron chi connectivity index (χ2n) is 8.17. The number of carbonyl (C=O) groups is 2. The summed E-state index contributed by atoms with van der Waals surface area (Å²) in [5.41, 5.74) is 4.69. The molecule has 0 aliphatic carbocycles. The Balaban J connectivity index is 1.51. The summed E-state index contributed by atoms with van der Waals surface area (Å²) in [6.07, 6.45) is 1.88. The van der Waals surface area contributed by atoms with Gasteiger partial charge in [-0.25, -0.2) is 9.79 Å². The SMILES string of the molecule is CCOC(=O)C1=C(C)N=C2SC=CN2[C@H]1c1ccc(OCC(=O)Nc2ccc(C)cc2C)c(Cl)c1. The first kappa shape index (κ1) is 24.9. The number of rotatable bonds is 7. The lowest BCUT2D eigenvalue weighted by atomic mass is 9.95. The number of benzene rings is 2. The summed E-state index contributed by atoms with van der Waals surface area (Å²) in [5, 5.41) is 5.89. The molecule has 2 aliphatic rings. The van der Waals surface area contributed by atoms with Crippen molar-refractivity contribution in [1.29, 1.82) is 0 Å². The number of nitrogens with zero attached hydrogens (tertiary/aromatic N) is 2. The topological polar surface area (TPSA) is 80.2 Å². The standard InChI is InChI=1S/C26H26ClN3O4S/c1-5-33-25(32)23-17(4)28-26-30(10-11-35-26)24(23)18-7-9-21(19(27)13-18)34-14-22(31)29-20-8-6-15(2)12-16(20)3/h6-13,24H,5,14H2,1-4H3,(H,29,31)/t24-/m0/s1. The number of hydrogen-bond acceptors (Lipinski definition) is 7. The molecule has 0 spiro atoms. The van der Waals surface area contributed by atoms with Gasteiger partial charge in [0.25, 0.3) is 5.91 Å². The highest BCUT2D eigenvalue weighted by atomic mass is 35.5. The van der Waals surface area contributed by atoms with E-state index < -0.39 is 12.0 Å². The summed E-state index contributed by atoms with van der Waals surface area (Å²) in [7, 11) is 0. The molecule has 2 aromatic rings. The predicted octanol–water partition coefficient (Wildman–Crippen LogP) is 5.74. The molecule has 0 saturated heterocycles. The van der Waals surface area contributed by atoms with Crippen molar-refractivity contribution < 1.29 is 19.1 Å².